The number of esters is 1. The quantitative estimate of drug-likeness (QED) is 0.758. The van der Waals surface area contributed by atoms with Gasteiger partial charge in [-0.3, -0.25) is 4.79 Å². The fourth-order valence-electron chi connectivity index (χ4n) is 2.96. The van der Waals surface area contributed by atoms with Gasteiger partial charge in [0.25, 0.3) is 0 Å². The van der Waals surface area contributed by atoms with Crippen LogP contribution in [0.25, 0.3) is 0 Å². The maximum absolute atomic E-state index is 11.9. The summed E-state index contributed by atoms with van der Waals surface area (Å²) in [5.74, 6) is 0.181. The van der Waals surface area contributed by atoms with E-state index in [0.29, 0.717) is 17.7 Å². The van der Waals surface area contributed by atoms with Crippen LogP contribution < -0.4 is 9.64 Å². The average Bonchev–Trinajstić information content (AvgIpc) is 2.96. The third-order valence-electron chi connectivity index (χ3n) is 3.85. The molecule has 1 unspecified atom stereocenters. The molecule has 1 fully saturated rings. The molecule has 0 spiro atoms. The first-order valence-electron chi connectivity index (χ1n) is 6.27. The van der Waals surface area contributed by atoms with Crippen LogP contribution >= 0.6 is 0 Å². The summed E-state index contributed by atoms with van der Waals surface area (Å²) in [6, 6.07) is 3.79. The normalized spacial score (nSPS) is 20.2. The molecule has 5 heteroatoms. The lowest BCUT2D eigenvalue weighted by Crippen LogP contribution is -2.28. The molecular formula is C14H15NO4. The van der Waals surface area contributed by atoms with E-state index in [-0.39, 0.29) is 11.9 Å². The number of methoxy groups -OCH3 is 2. The van der Waals surface area contributed by atoms with Crippen LogP contribution in [0.2, 0.25) is 0 Å². The number of carbonyl (C=O) groups excluding carboxylic acids is 2. The van der Waals surface area contributed by atoms with E-state index in [1.807, 2.05) is 4.90 Å². The van der Waals surface area contributed by atoms with Gasteiger partial charge in [0.15, 0.2) is 0 Å². The molecule has 19 heavy (non-hydrogen) atoms. The monoisotopic (exact) mass is 261 g/mol. The van der Waals surface area contributed by atoms with Gasteiger partial charge in [-0.15, -0.1) is 0 Å². The van der Waals surface area contributed by atoms with Gasteiger partial charge in [-0.2, -0.15) is 0 Å². The zero-order chi connectivity index (χ0) is 13.6. The standard InChI is InChI=1S/C14H15NO4/c1-18-12-7-11-8(6-10(12)14(17)19-2)5-9-3-4-13(16)15(9)11/h6-7,9H,3-5H2,1-2H3. The van der Waals surface area contributed by atoms with Crippen molar-refractivity contribution in [3.8, 4) is 5.75 Å². The number of hydrogen-bond acceptors (Lipinski definition) is 4. The fourth-order valence-corrected chi connectivity index (χ4v) is 2.96. The minimum absolute atomic E-state index is 0.150. The summed E-state index contributed by atoms with van der Waals surface area (Å²) in [6.45, 7) is 0. The zero-order valence-corrected chi connectivity index (χ0v) is 10.9. The second-order valence-corrected chi connectivity index (χ2v) is 4.83. The molecule has 1 amide bonds. The minimum atomic E-state index is -0.418. The van der Waals surface area contributed by atoms with Crippen molar-refractivity contribution in [3.63, 3.8) is 0 Å². The second kappa shape index (κ2) is 4.26. The van der Waals surface area contributed by atoms with Crippen molar-refractivity contribution in [2.24, 2.45) is 0 Å². The smallest absolute Gasteiger partial charge is 0.341 e. The number of nitrogens with zero attached hydrogens (tertiary/aromatic N) is 1. The van der Waals surface area contributed by atoms with Crippen LogP contribution in [-0.4, -0.2) is 32.1 Å². The van der Waals surface area contributed by atoms with Gasteiger partial charge in [0.2, 0.25) is 5.91 Å². The number of amides is 1. The van der Waals surface area contributed by atoms with Crippen LogP contribution in [0, 0.1) is 0 Å². The predicted molar refractivity (Wildman–Crippen MR) is 68.5 cm³/mol. The first-order valence-corrected chi connectivity index (χ1v) is 6.27. The number of fused-ring (bicyclic) bond motifs is 3. The molecule has 1 saturated heterocycles. The third kappa shape index (κ3) is 1.69. The molecule has 1 aromatic rings. The summed E-state index contributed by atoms with van der Waals surface area (Å²) in [6.07, 6.45) is 2.28. The molecule has 0 N–H and O–H groups in total. The Morgan fingerprint density at radius 1 is 1.37 bits per heavy atom. The first kappa shape index (κ1) is 12.0. The van der Waals surface area contributed by atoms with Crippen molar-refractivity contribution < 1.29 is 19.1 Å². The Morgan fingerprint density at radius 3 is 2.84 bits per heavy atom. The van der Waals surface area contributed by atoms with E-state index in [9.17, 15) is 9.59 Å². The summed E-state index contributed by atoms with van der Waals surface area (Å²) >= 11 is 0. The average molecular weight is 261 g/mol. The van der Waals surface area contributed by atoms with Gasteiger partial charge in [-0.05, 0) is 24.5 Å². The van der Waals surface area contributed by atoms with E-state index in [1.54, 1.807) is 12.1 Å². The number of ether oxygens (including phenoxy) is 2. The SMILES string of the molecule is COC(=O)c1cc2c(cc1OC)N1C(=O)CCC1C2. The van der Waals surface area contributed by atoms with Crippen LogP contribution in [0.1, 0.15) is 28.8 Å². The van der Waals surface area contributed by atoms with E-state index < -0.39 is 5.97 Å². The van der Waals surface area contributed by atoms with E-state index in [0.717, 1.165) is 24.1 Å². The Morgan fingerprint density at radius 2 is 2.16 bits per heavy atom. The Balaban J connectivity index is 2.09. The maximum Gasteiger partial charge on any atom is 0.341 e. The fraction of sp³-hybridized carbons (Fsp3) is 0.429. The molecule has 0 bridgehead atoms. The summed E-state index contributed by atoms with van der Waals surface area (Å²) < 4.78 is 9.99. The molecule has 0 aliphatic carbocycles. The molecule has 100 valence electrons. The molecule has 2 aliphatic rings. The van der Waals surface area contributed by atoms with Gasteiger partial charge in [0.1, 0.15) is 11.3 Å². The predicted octanol–water partition coefficient (Wildman–Crippen LogP) is 1.53. The van der Waals surface area contributed by atoms with Gasteiger partial charge in [-0.25, -0.2) is 4.79 Å². The minimum Gasteiger partial charge on any atom is -0.496 e. The number of carbonyl (C=O) groups is 2. The van der Waals surface area contributed by atoms with Crippen molar-refractivity contribution >= 4 is 17.6 Å². The summed E-state index contributed by atoms with van der Waals surface area (Å²) in [7, 11) is 2.85. The largest absolute Gasteiger partial charge is 0.496 e. The van der Waals surface area contributed by atoms with E-state index in [2.05, 4.69) is 0 Å². The summed E-state index contributed by atoms with van der Waals surface area (Å²) in [4.78, 5) is 25.4. The second-order valence-electron chi connectivity index (χ2n) is 4.83. The van der Waals surface area contributed by atoms with E-state index in [1.165, 1.54) is 14.2 Å². The molecule has 3 rings (SSSR count). The van der Waals surface area contributed by atoms with Crippen LogP contribution in [0.5, 0.6) is 5.75 Å². The molecule has 0 aromatic heterocycles. The molecule has 0 saturated carbocycles. The van der Waals surface area contributed by atoms with Gasteiger partial charge in [-0.1, -0.05) is 0 Å². The molecule has 2 heterocycles. The highest BCUT2D eigenvalue weighted by Gasteiger charge is 2.39. The van der Waals surface area contributed by atoms with Gasteiger partial charge in [0, 0.05) is 18.5 Å². The van der Waals surface area contributed by atoms with Crippen molar-refractivity contribution in [2.45, 2.75) is 25.3 Å². The lowest BCUT2D eigenvalue weighted by molar-refractivity contribution is -0.117. The number of anilines is 1. The van der Waals surface area contributed by atoms with Gasteiger partial charge in [0.05, 0.1) is 19.9 Å². The highest BCUT2D eigenvalue weighted by molar-refractivity contribution is 6.01. The molecule has 5 nitrogen and oxygen atoms in total. The van der Waals surface area contributed by atoms with Crippen LogP contribution in [0.4, 0.5) is 5.69 Å². The number of hydrogen-bond donors (Lipinski definition) is 0. The van der Waals surface area contributed by atoms with Crippen LogP contribution in [0.3, 0.4) is 0 Å². The van der Waals surface area contributed by atoms with Crippen LogP contribution in [-0.2, 0) is 16.0 Å². The maximum atomic E-state index is 11.9. The Kier molecular flexibility index (Phi) is 2.69. The van der Waals surface area contributed by atoms with Crippen molar-refractivity contribution in [1.29, 1.82) is 0 Å². The number of benzene rings is 1. The van der Waals surface area contributed by atoms with Crippen molar-refractivity contribution in [3.05, 3.63) is 23.3 Å². The molecule has 0 radical (unpaired) electrons. The van der Waals surface area contributed by atoms with Gasteiger partial charge < -0.3 is 14.4 Å². The Labute approximate surface area is 111 Å². The molecule has 2 aliphatic heterocycles. The lowest BCUT2D eigenvalue weighted by atomic mass is 10.0. The Hall–Kier alpha value is -2.04. The van der Waals surface area contributed by atoms with Crippen molar-refractivity contribution in [2.75, 3.05) is 19.1 Å². The summed E-state index contributed by atoms with van der Waals surface area (Å²) in [5, 5.41) is 0. The van der Waals surface area contributed by atoms with Crippen LogP contribution in [0.15, 0.2) is 12.1 Å². The zero-order valence-electron chi connectivity index (χ0n) is 10.9. The van der Waals surface area contributed by atoms with Crippen molar-refractivity contribution in [1.82, 2.24) is 0 Å². The van der Waals surface area contributed by atoms with E-state index in [4.69, 9.17) is 9.47 Å². The molecule has 1 aromatic carbocycles. The highest BCUT2D eigenvalue weighted by atomic mass is 16.5. The Bertz CT molecular complexity index is 567. The third-order valence-corrected chi connectivity index (χ3v) is 3.85. The summed E-state index contributed by atoms with van der Waals surface area (Å²) in [5.41, 5.74) is 2.30. The topological polar surface area (TPSA) is 55.8 Å². The van der Waals surface area contributed by atoms with E-state index >= 15 is 0 Å². The molecule has 1 atom stereocenters. The number of rotatable bonds is 2. The first-order chi connectivity index (χ1) is 9.15. The molecular weight excluding hydrogens is 246 g/mol. The highest BCUT2D eigenvalue weighted by Crippen LogP contribution is 2.41. The lowest BCUT2D eigenvalue weighted by Gasteiger charge is -2.17. The van der Waals surface area contributed by atoms with Gasteiger partial charge >= 0.3 is 5.97 Å².